The summed E-state index contributed by atoms with van der Waals surface area (Å²) in [7, 11) is 1.57. The molecule has 0 aliphatic carbocycles. The highest BCUT2D eigenvalue weighted by Crippen LogP contribution is 2.16. The third kappa shape index (κ3) is 6.36. The maximum absolute atomic E-state index is 12.3. The summed E-state index contributed by atoms with van der Waals surface area (Å²) in [6, 6.07) is 7.12. The second-order valence-corrected chi connectivity index (χ2v) is 5.95. The van der Waals surface area contributed by atoms with Crippen LogP contribution in [0.25, 0.3) is 0 Å². The molecule has 0 radical (unpaired) electrons. The number of nitrogens with one attached hydrogen (secondary N) is 2. The molecule has 7 nitrogen and oxygen atoms in total. The molecule has 1 aromatic carbocycles. The highest BCUT2D eigenvalue weighted by molar-refractivity contribution is 5.94. The van der Waals surface area contributed by atoms with Crippen LogP contribution < -0.4 is 15.4 Å². The molecular weight excluding hydrogens is 322 g/mol. The van der Waals surface area contributed by atoms with E-state index < -0.39 is 0 Å². The van der Waals surface area contributed by atoms with Crippen LogP contribution in [0.4, 0.5) is 5.69 Å². The molecule has 1 aromatic rings. The molecule has 1 aliphatic rings. The van der Waals surface area contributed by atoms with Gasteiger partial charge < -0.3 is 25.0 Å². The van der Waals surface area contributed by atoms with Gasteiger partial charge in [-0.25, -0.2) is 0 Å². The second-order valence-electron chi connectivity index (χ2n) is 5.95. The Morgan fingerprint density at radius 2 is 2.24 bits per heavy atom. The lowest BCUT2D eigenvalue weighted by molar-refractivity contribution is -0.133. The number of carbonyl (C=O) groups excluding carboxylic acids is 2. The van der Waals surface area contributed by atoms with Gasteiger partial charge in [0.25, 0.3) is 0 Å². The summed E-state index contributed by atoms with van der Waals surface area (Å²) >= 11 is 0. The maximum Gasteiger partial charge on any atom is 0.243 e. The molecule has 2 N–H and O–H groups in total. The molecule has 1 unspecified atom stereocenters. The molecule has 1 saturated heterocycles. The van der Waals surface area contributed by atoms with Crippen LogP contribution >= 0.6 is 0 Å². The molecular formula is C18H27N3O4. The molecule has 0 aromatic heterocycles. The maximum atomic E-state index is 12.3. The Balaban J connectivity index is 1.76. The van der Waals surface area contributed by atoms with Crippen LogP contribution in [0.5, 0.6) is 5.75 Å². The average Bonchev–Trinajstić information content (AvgIpc) is 3.13. The number of rotatable bonds is 9. The van der Waals surface area contributed by atoms with Gasteiger partial charge in [-0.05, 0) is 31.9 Å². The quantitative estimate of drug-likeness (QED) is 0.701. The Morgan fingerprint density at radius 3 is 2.92 bits per heavy atom. The lowest BCUT2D eigenvalue weighted by Crippen LogP contribution is -2.43. The first-order valence-electron chi connectivity index (χ1n) is 8.66. The monoisotopic (exact) mass is 349 g/mol. The minimum Gasteiger partial charge on any atom is -0.497 e. The fourth-order valence-corrected chi connectivity index (χ4v) is 2.71. The Hall–Kier alpha value is -2.12. The van der Waals surface area contributed by atoms with Gasteiger partial charge in [0.05, 0.1) is 26.3 Å². The standard InChI is InChI=1S/C18H27N3O4/c1-3-21(18(23)12-19-11-16-8-5-9-25-16)13-17(22)20-14-6-4-7-15(10-14)24-2/h4,6-7,10,16,19H,3,5,8-9,11-13H2,1-2H3,(H,20,22). The van der Waals surface area contributed by atoms with E-state index in [2.05, 4.69) is 10.6 Å². The second kappa shape index (κ2) is 10.0. The SMILES string of the molecule is CCN(CC(=O)Nc1cccc(OC)c1)C(=O)CNCC1CCCO1. The summed E-state index contributed by atoms with van der Waals surface area (Å²) in [5, 5.41) is 5.90. The minimum atomic E-state index is -0.234. The lowest BCUT2D eigenvalue weighted by atomic mass is 10.2. The van der Waals surface area contributed by atoms with E-state index in [4.69, 9.17) is 9.47 Å². The predicted octanol–water partition coefficient (Wildman–Crippen LogP) is 1.25. The van der Waals surface area contributed by atoms with E-state index in [1.165, 1.54) is 4.90 Å². The number of likely N-dealkylation sites (N-methyl/N-ethyl adjacent to an activating group) is 1. The third-order valence-electron chi connectivity index (χ3n) is 4.09. The molecule has 0 saturated carbocycles. The molecule has 1 heterocycles. The largest absolute Gasteiger partial charge is 0.497 e. The number of hydrogen-bond acceptors (Lipinski definition) is 5. The molecule has 7 heteroatoms. The van der Waals surface area contributed by atoms with Crippen molar-refractivity contribution in [3.05, 3.63) is 24.3 Å². The van der Waals surface area contributed by atoms with Gasteiger partial charge in [0.15, 0.2) is 0 Å². The molecule has 2 amide bonds. The van der Waals surface area contributed by atoms with Crippen molar-refractivity contribution in [2.45, 2.75) is 25.9 Å². The molecule has 2 rings (SSSR count). The highest BCUT2D eigenvalue weighted by atomic mass is 16.5. The van der Waals surface area contributed by atoms with Crippen LogP contribution in [0.2, 0.25) is 0 Å². The average molecular weight is 349 g/mol. The van der Waals surface area contributed by atoms with Gasteiger partial charge in [0.1, 0.15) is 5.75 Å². The van der Waals surface area contributed by atoms with Crippen LogP contribution in [-0.4, -0.2) is 62.7 Å². The Morgan fingerprint density at radius 1 is 1.40 bits per heavy atom. The summed E-state index contributed by atoms with van der Waals surface area (Å²) in [4.78, 5) is 26.0. The summed E-state index contributed by atoms with van der Waals surface area (Å²) in [6.45, 7) is 4.03. The number of methoxy groups -OCH3 is 1. The van der Waals surface area contributed by atoms with Crippen molar-refractivity contribution >= 4 is 17.5 Å². The minimum absolute atomic E-state index is 0.0220. The van der Waals surface area contributed by atoms with Gasteiger partial charge in [-0.15, -0.1) is 0 Å². The number of anilines is 1. The van der Waals surface area contributed by atoms with Crippen LogP contribution in [-0.2, 0) is 14.3 Å². The number of nitrogens with zero attached hydrogens (tertiary/aromatic N) is 1. The highest BCUT2D eigenvalue weighted by Gasteiger charge is 2.18. The van der Waals surface area contributed by atoms with Gasteiger partial charge in [0, 0.05) is 31.5 Å². The van der Waals surface area contributed by atoms with Crippen molar-refractivity contribution in [1.29, 1.82) is 0 Å². The zero-order valence-corrected chi connectivity index (χ0v) is 14.9. The van der Waals surface area contributed by atoms with Crippen LogP contribution in [0.3, 0.4) is 0 Å². The van der Waals surface area contributed by atoms with E-state index in [1.807, 2.05) is 6.92 Å². The fraction of sp³-hybridized carbons (Fsp3) is 0.556. The zero-order chi connectivity index (χ0) is 18.1. The molecule has 25 heavy (non-hydrogen) atoms. The van der Waals surface area contributed by atoms with Crippen molar-refractivity contribution < 1.29 is 19.1 Å². The van der Waals surface area contributed by atoms with Crippen LogP contribution in [0.1, 0.15) is 19.8 Å². The number of benzene rings is 1. The molecule has 0 spiro atoms. The van der Waals surface area contributed by atoms with E-state index in [0.717, 1.165) is 19.4 Å². The van der Waals surface area contributed by atoms with Gasteiger partial charge >= 0.3 is 0 Å². The number of ether oxygens (including phenoxy) is 2. The molecule has 1 fully saturated rings. The Labute approximate surface area is 148 Å². The Kier molecular flexibility index (Phi) is 7.69. The van der Waals surface area contributed by atoms with E-state index in [0.29, 0.717) is 24.5 Å². The van der Waals surface area contributed by atoms with Gasteiger partial charge in [-0.1, -0.05) is 6.07 Å². The zero-order valence-electron chi connectivity index (χ0n) is 14.9. The third-order valence-corrected chi connectivity index (χ3v) is 4.09. The first-order chi connectivity index (χ1) is 12.1. The summed E-state index contributed by atoms with van der Waals surface area (Å²) in [5.41, 5.74) is 0.643. The predicted molar refractivity (Wildman–Crippen MR) is 95.7 cm³/mol. The number of amides is 2. The van der Waals surface area contributed by atoms with E-state index in [9.17, 15) is 9.59 Å². The smallest absolute Gasteiger partial charge is 0.243 e. The van der Waals surface area contributed by atoms with Crippen molar-refractivity contribution in [3.63, 3.8) is 0 Å². The van der Waals surface area contributed by atoms with Crippen LogP contribution in [0, 0.1) is 0 Å². The van der Waals surface area contributed by atoms with E-state index >= 15 is 0 Å². The van der Waals surface area contributed by atoms with Gasteiger partial charge in [-0.2, -0.15) is 0 Å². The van der Waals surface area contributed by atoms with Crippen LogP contribution in [0.15, 0.2) is 24.3 Å². The van der Waals surface area contributed by atoms with Crippen molar-refractivity contribution in [2.75, 3.05) is 45.2 Å². The van der Waals surface area contributed by atoms with Crippen molar-refractivity contribution in [1.82, 2.24) is 10.2 Å². The molecule has 0 bridgehead atoms. The lowest BCUT2D eigenvalue weighted by Gasteiger charge is -2.21. The molecule has 1 atom stereocenters. The topological polar surface area (TPSA) is 79.9 Å². The van der Waals surface area contributed by atoms with Crippen molar-refractivity contribution in [2.24, 2.45) is 0 Å². The van der Waals surface area contributed by atoms with E-state index in [1.54, 1.807) is 31.4 Å². The summed E-state index contributed by atoms with van der Waals surface area (Å²) in [6.07, 6.45) is 2.30. The van der Waals surface area contributed by atoms with E-state index in [-0.39, 0.29) is 31.0 Å². The molecule has 1 aliphatic heterocycles. The van der Waals surface area contributed by atoms with Gasteiger partial charge in [-0.3, -0.25) is 9.59 Å². The Bertz CT molecular complexity index is 573. The fourth-order valence-electron chi connectivity index (χ4n) is 2.71. The van der Waals surface area contributed by atoms with Crippen molar-refractivity contribution in [3.8, 4) is 5.75 Å². The summed E-state index contributed by atoms with van der Waals surface area (Å²) < 4.78 is 10.6. The first-order valence-corrected chi connectivity index (χ1v) is 8.66. The van der Waals surface area contributed by atoms with Gasteiger partial charge in [0.2, 0.25) is 11.8 Å². The normalized spacial score (nSPS) is 16.5. The number of carbonyl (C=O) groups is 2. The summed E-state index contributed by atoms with van der Waals surface area (Å²) in [5.74, 6) is 0.337. The molecule has 138 valence electrons. The first kappa shape index (κ1) is 19.2. The number of hydrogen-bond donors (Lipinski definition) is 2.